The summed E-state index contributed by atoms with van der Waals surface area (Å²) in [5.74, 6) is -0.378. The van der Waals surface area contributed by atoms with E-state index >= 15 is 0 Å². The van der Waals surface area contributed by atoms with Gasteiger partial charge < -0.3 is 15.5 Å². The molecule has 0 amide bonds. The number of amidine groups is 1. The summed E-state index contributed by atoms with van der Waals surface area (Å²) in [6, 6.07) is 7.27. The van der Waals surface area contributed by atoms with Crippen LogP contribution in [0.5, 0.6) is 0 Å². The van der Waals surface area contributed by atoms with Crippen LogP contribution in [0.15, 0.2) is 23.3 Å². The minimum absolute atomic E-state index is 0.166. The zero-order chi connectivity index (χ0) is 16.8. The number of rotatable bonds is 5. The lowest BCUT2D eigenvalue weighted by Gasteiger charge is -2.36. The van der Waals surface area contributed by atoms with Gasteiger partial charge in [-0.3, -0.25) is 10.8 Å². The lowest BCUT2D eigenvalue weighted by atomic mass is 10.2. The Hall–Kier alpha value is -2.30. The third-order valence-corrected chi connectivity index (χ3v) is 4.07. The molecule has 1 fully saturated rings. The molecule has 0 radical (unpaired) electrons. The van der Waals surface area contributed by atoms with Crippen molar-refractivity contribution < 1.29 is 0 Å². The molecule has 1 heterocycles. The number of anilines is 2. The van der Waals surface area contributed by atoms with Gasteiger partial charge in [-0.05, 0) is 24.7 Å². The third-order valence-electron chi connectivity index (χ3n) is 3.77. The number of halogens is 1. The van der Waals surface area contributed by atoms with Crippen LogP contribution >= 0.6 is 11.6 Å². The summed E-state index contributed by atoms with van der Waals surface area (Å²) in [7, 11) is 0. The highest BCUT2D eigenvalue weighted by atomic mass is 35.5. The lowest BCUT2D eigenvalue weighted by molar-refractivity contribution is 0.271. The Labute approximate surface area is 140 Å². The summed E-state index contributed by atoms with van der Waals surface area (Å²) >= 11 is 6.37. The maximum atomic E-state index is 8.81. The molecule has 0 saturated carbocycles. The fourth-order valence-electron chi connectivity index (χ4n) is 2.40. The largest absolute Gasteiger partial charge is 0.382 e. The number of hydrazone groups is 1. The van der Waals surface area contributed by atoms with Crippen LogP contribution in [0.3, 0.4) is 0 Å². The first kappa shape index (κ1) is 17.1. The summed E-state index contributed by atoms with van der Waals surface area (Å²) in [6.45, 7) is 7.19. The number of nitrogens with one attached hydrogen (secondary N) is 2. The van der Waals surface area contributed by atoms with Crippen LogP contribution in [0.4, 0.5) is 11.4 Å². The van der Waals surface area contributed by atoms with E-state index in [1.807, 2.05) is 12.1 Å². The highest BCUT2D eigenvalue weighted by molar-refractivity contribution is 6.45. The lowest BCUT2D eigenvalue weighted by Crippen LogP contribution is -2.46. The van der Waals surface area contributed by atoms with Gasteiger partial charge in [0.05, 0.1) is 16.4 Å². The smallest absolute Gasteiger partial charge is 0.201 e. The Morgan fingerprint density at radius 2 is 2.13 bits per heavy atom. The van der Waals surface area contributed by atoms with Gasteiger partial charge in [0, 0.05) is 26.2 Å². The number of benzene rings is 1. The second-order valence-corrected chi connectivity index (χ2v) is 5.59. The van der Waals surface area contributed by atoms with Gasteiger partial charge in [0.25, 0.3) is 0 Å². The molecule has 7 nitrogen and oxygen atoms in total. The Bertz CT molecular complexity index is 642. The molecule has 0 spiro atoms. The molecule has 1 aliphatic heterocycles. The molecular weight excluding hydrogens is 314 g/mol. The van der Waals surface area contributed by atoms with Crippen LogP contribution < -0.4 is 16.1 Å². The van der Waals surface area contributed by atoms with Crippen molar-refractivity contribution in [3.8, 4) is 6.07 Å². The van der Waals surface area contributed by atoms with E-state index in [-0.39, 0.29) is 11.5 Å². The Morgan fingerprint density at radius 3 is 2.65 bits per heavy atom. The molecule has 2 rings (SSSR count). The Kier molecular flexibility index (Phi) is 5.79. The van der Waals surface area contributed by atoms with E-state index < -0.39 is 0 Å². The maximum Gasteiger partial charge on any atom is 0.201 e. The van der Waals surface area contributed by atoms with Crippen molar-refractivity contribution in [2.45, 2.75) is 6.92 Å². The van der Waals surface area contributed by atoms with Gasteiger partial charge in [0.15, 0.2) is 5.84 Å². The highest BCUT2D eigenvalue weighted by Crippen LogP contribution is 2.29. The van der Waals surface area contributed by atoms with E-state index in [2.05, 4.69) is 27.3 Å². The molecule has 0 bridgehead atoms. The predicted octanol–water partition coefficient (Wildman–Crippen LogP) is 1.71. The van der Waals surface area contributed by atoms with E-state index in [1.54, 1.807) is 12.1 Å². The van der Waals surface area contributed by atoms with Crippen LogP contribution in [0.25, 0.3) is 0 Å². The van der Waals surface area contributed by atoms with Crippen molar-refractivity contribution in [2.24, 2.45) is 10.8 Å². The number of nitriles is 1. The molecule has 0 aliphatic carbocycles. The number of hydrogen-bond acceptors (Lipinski definition) is 6. The summed E-state index contributed by atoms with van der Waals surface area (Å²) in [4.78, 5) is 4.66. The standard InChI is InChI=1S/C15H20ClN7/c1-2-22-5-7-23(8-6-22)14-4-3-11(9-12(14)16)20-21-13(10-17)15(18)19/h3-4,9,20H,2,5-8H2,1H3,(H3,18,19)/b21-13+. The molecule has 1 aromatic carbocycles. The van der Waals surface area contributed by atoms with Gasteiger partial charge in [-0.2, -0.15) is 10.4 Å². The number of nitrogens with zero attached hydrogens (tertiary/aromatic N) is 4. The molecule has 4 N–H and O–H groups in total. The summed E-state index contributed by atoms with van der Waals surface area (Å²) in [6.07, 6.45) is 0. The van der Waals surface area contributed by atoms with Crippen LogP contribution in [-0.4, -0.2) is 49.2 Å². The molecule has 1 saturated heterocycles. The summed E-state index contributed by atoms with van der Waals surface area (Å²) in [5.41, 5.74) is 9.40. The van der Waals surface area contributed by atoms with Crippen molar-refractivity contribution in [2.75, 3.05) is 43.0 Å². The highest BCUT2D eigenvalue weighted by Gasteiger charge is 2.17. The molecule has 8 heteroatoms. The van der Waals surface area contributed by atoms with Crippen molar-refractivity contribution in [3.05, 3.63) is 23.2 Å². The first-order valence-electron chi connectivity index (χ1n) is 7.40. The van der Waals surface area contributed by atoms with E-state index in [0.717, 1.165) is 38.4 Å². The molecule has 0 atom stereocenters. The summed E-state index contributed by atoms with van der Waals surface area (Å²) < 4.78 is 0. The van der Waals surface area contributed by atoms with E-state index in [1.165, 1.54) is 0 Å². The average Bonchev–Trinajstić information content (AvgIpc) is 2.55. The number of piperazine rings is 1. The van der Waals surface area contributed by atoms with E-state index in [4.69, 9.17) is 28.0 Å². The molecule has 122 valence electrons. The SMILES string of the molecule is CCN1CCN(c2ccc(N/N=C(\C#N)C(=N)N)cc2Cl)CC1. The Morgan fingerprint density at radius 1 is 1.43 bits per heavy atom. The topological polar surface area (TPSA) is 105 Å². The van der Waals surface area contributed by atoms with Crippen molar-refractivity contribution in [1.29, 1.82) is 10.7 Å². The predicted molar refractivity (Wildman–Crippen MR) is 94.4 cm³/mol. The average molecular weight is 334 g/mol. The van der Waals surface area contributed by atoms with Crippen LogP contribution in [-0.2, 0) is 0 Å². The number of hydrogen-bond donors (Lipinski definition) is 3. The zero-order valence-corrected chi connectivity index (χ0v) is 13.8. The van der Waals surface area contributed by atoms with Crippen LogP contribution in [0.2, 0.25) is 5.02 Å². The quantitative estimate of drug-likeness (QED) is 0.432. The van der Waals surface area contributed by atoms with Crippen molar-refractivity contribution in [3.63, 3.8) is 0 Å². The molecule has 0 unspecified atom stereocenters. The maximum absolute atomic E-state index is 8.81. The molecule has 23 heavy (non-hydrogen) atoms. The second-order valence-electron chi connectivity index (χ2n) is 5.19. The first-order chi connectivity index (χ1) is 11.0. The normalized spacial score (nSPS) is 16.0. The van der Waals surface area contributed by atoms with Gasteiger partial charge in [0.2, 0.25) is 5.71 Å². The van der Waals surface area contributed by atoms with Crippen LogP contribution in [0, 0.1) is 16.7 Å². The minimum Gasteiger partial charge on any atom is -0.382 e. The second kappa shape index (κ2) is 7.81. The van der Waals surface area contributed by atoms with Gasteiger partial charge in [-0.15, -0.1) is 0 Å². The molecule has 0 aromatic heterocycles. The van der Waals surface area contributed by atoms with Crippen molar-refractivity contribution >= 4 is 34.5 Å². The van der Waals surface area contributed by atoms with E-state index in [0.29, 0.717) is 10.7 Å². The third kappa shape index (κ3) is 4.34. The van der Waals surface area contributed by atoms with Crippen LogP contribution in [0.1, 0.15) is 6.92 Å². The zero-order valence-electron chi connectivity index (χ0n) is 13.0. The molecule has 1 aliphatic rings. The number of nitrogens with two attached hydrogens (primary N) is 1. The van der Waals surface area contributed by atoms with Gasteiger partial charge in [-0.25, -0.2) is 0 Å². The Balaban J connectivity index is 2.07. The molecule has 1 aromatic rings. The van der Waals surface area contributed by atoms with Crippen molar-refractivity contribution in [1.82, 2.24) is 4.90 Å². The van der Waals surface area contributed by atoms with Gasteiger partial charge in [-0.1, -0.05) is 18.5 Å². The fraction of sp³-hybridized carbons (Fsp3) is 0.400. The number of likely N-dealkylation sites (N-methyl/N-ethyl adjacent to an activating group) is 1. The van der Waals surface area contributed by atoms with Gasteiger partial charge in [0.1, 0.15) is 6.07 Å². The van der Waals surface area contributed by atoms with E-state index in [9.17, 15) is 0 Å². The molecular formula is C15H20ClN7. The monoisotopic (exact) mass is 333 g/mol. The first-order valence-corrected chi connectivity index (χ1v) is 7.78. The summed E-state index contributed by atoms with van der Waals surface area (Å²) in [5, 5.41) is 20.4. The minimum atomic E-state index is -0.378. The van der Waals surface area contributed by atoms with Gasteiger partial charge >= 0.3 is 0 Å². The fourth-order valence-corrected chi connectivity index (χ4v) is 2.70.